The molecule has 5 nitrogen and oxygen atoms in total. The van der Waals surface area contributed by atoms with E-state index in [-0.39, 0.29) is 6.61 Å². The number of rotatable bonds is 4. The van der Waals surface area contributed by atoms with Crippen molar-refractivity contribution in [3.05, 3.63) is 36.2 Å². The van der Waals surface area contributed by atoms with Gasteiger partial charge in [-0.15, -0.1) is 0 Å². The highest BCUT2D eigenvalue weighted by Crippen LogP contribution is 2.20. The predicted molar refractivity (Wildman–Crippen MR) is 60.7 cm³/mol. The highest BCUT2D eigenvalue weighted by Gasteiger charge is 2.06. The number of nitrogens with zero attached hydrogens (tertiary/aromatic N) is 4. The normalized spacial score (nSPS) is 10.6. The SMILES string of the molecule is Cn1c(CO)cnc1SCc1cnccn1. The van der Waals surface area contributed by atoms with Crippen molar-refractivity contribution in [1.29, 1.82) is 0 Å². The van der Waals surface area contributed by atoms with Crippen molar-refractivity contribution in [3.8, 4) is 0 Å². The summed E-state index contributed by atoms with van der Waals surface area (Å²) in [5.74, 6) is 0.726. The van der Waals surface area contributed by atoms with Gasteiger partial charge in [-0.3, -0.25) is 9.97 Å². The van der Waals surface area contributed by atoms with Crippen LogP contribution in [0, 0.1) is 0 Å². The molecule has 0 amide bonds. The molecule has 16 heavy (non-hydrogen) atoms. The molecule has 0 saturated carbocycles. The van der Waals surface area contributed by atoms with E-state index in [2.05, 4.69) is 15.0 Å². The summed E-state index contributed by atoms with van der Waals surface area (Å²) in [7, 11) is 1.89. The zero-order valence-electron chi connectivity index (χ0n) is 8.87. The number of hydrogen-bond donors (Lipinski definition) is 1. The molecular weight excluding hydrogens is 224 g/mol. The second-order valence-corrected chi connectivity index (χ2v) is 4.18. The molecule has 0 aliphatic heterocycles. The van der Waals surface area contributed by atoms with Crippen molar-refractivity contribution in [3.63, 3.8) is 0 Å². The van der Waals surface area contributed by atoms with Crippen LogP contribution in [0.15, 0.2) is 29.9 Å². The molecule has 0 aliphatic carbocycles. The summed E-state index contributed by atoms with van der Waals surface area (Å²) < 4.78 is 1.88. The highest BCUT2D eigenvalue weighted by molar-refractivity contribution is 7.98. The van der Waals surface area contributed by atoms with Crippen LogP contribution in [0.2, 0.25) is 0 Å². The number of thioether (sulfide) groups is 1. The molecule has 2 rings (SSSR count). The summed E-state index contributed by atoms with van der Waals surface area (Å²) in [6.45, 7) is 0.00913. The number of aliphatic hydroxyl groups excluding tert-OH is 1. The average Bonchev–Trinajstić information content (AvgIpc) is 2.69. The van der Waals surface area contributed by atoms with Gasteiger partial charge in [0.1, 0.15) is 0 Å². The minimum absolute atomic E-state index is 0.00913. The summed E-state index contributed by atoms with van der Waals surface area (Å²) >= 11 is 1.57. The topological polar surface area (TPSA) is 63.8 Å². The van der Waals surface area contributed by atoms with Gasteiger partial charge in [0, 0.05) is 31.4 Å². The summed E-state index contributed by atoms with van der Waals surface area (Å²) in [6.07, 6.45) is 6.74. The van der Waals surface area contributed by atoms with Gasteiger partial charge in [-0.2, -0.15) is 0 Å². The minimum atomic E-state index is 0.00913. The van der Waals surface area contributed by atoms with Crippen molar-refractivity contribution in [1.82, 2.24) is 19.5 Å². The minimum Gasteiger partial charge on any atom is -0.390 e. The fourth-order valence-electron chi connectivity index (χ4n) is 1.25. The average molecular weight is 236 g/mol. The number of hydrogen-bond acceptors (Lipinski definition) is 5. The van der Waals surface area contributed by atoms with Gasteiger partial charge in [0.2, 0.25) is 0 Å². The Kier molecular flexibility index (Phi) is 3.53. The molecule has 84 valence electrons. The van der Waals surface area contributed by atoms with Crippen molar-refractivity contribution >= 4 is 11.8 Å². The van der Waals surface area contributed by atoms with Crippen LogP contribution in [-0.4, -0.2) is 24.6 Å². The van der Waals surface area contributed by atoms with Gasteiger partial charge in [-0.1, -0.05) is 11.8 Å². The zero-order valence-corrected chi connectivity index (χ0v) is 9.68. The Morgan fingerprint density at radius 3 is 2.81 bits per heavy atom. The quantitative estimate of drug-likeness (QED) is 0.802. The molecule has 0 bridgehead atoms. The molecule has 6 heteroatoms. The van der Waals surface area contributed by atoms with E-state index in [9.17, 15) is 0 Å². The summed E-state index contributed by atoms with van der Waals surface area (Å²) in [5, 5.41) is 9.89. The van der Waals surface area contributed by atoms with Gasteiger partial charge in [0.15, 0.2) is 5.16 Å². The van der Waals surface area contributed by atoms with E-state index in [1.54, 1.807) is 36.5 Å². The molecule has 1 N–H and O–H groups in total. The first-order chi connectivity index (χ1) is 7.81. The largest absolute Gasteiger partial charge is 0.390 e. The molecule has 2 aromatic heterocycles. The maximum absolute atomic E-state index is 9.02. The molecule has 0 fully saturated rings. The number of imidazole rings is 1. The lowest BCUT2D eigenvalue weighted by atomic mass is 10.5. The Bertz CT molecular complexity index is 457. The van der Waals surface area contributed by atoms with Crippen LogP contribution < -0.4 is 0 Å². The van der Waals surface area contributed by atoms with E-state index in [0.717, 1.165) is 22.3 Å². The first kappa shape index (κ1) is 11.1. The third-order valence-corrected chi connectivity index (χ3v) is 3.25. The molecule has 0 aromatic carbocycles. The van der Waals surface area contributed by atoms with Crippen LogP contribution >= 0.6 is 11.8 Å². The van der Waals surface area contributed by atoms with Gasteiger partial charge >= 0.3 is 0 Å². The number of aromatic nitrogens is 4. The molecule has 0 spiro atoms. The van der Waals surface area contributed by atoms with Gasteiger partial charge in [0.05, 0.1) is 24.2 Å². The van der Waals surface area contributed by atoms with E-state index in [0.29, 0.717) is 0 Å². The lowest BCUT2D eigenvalue weighted by molar-refractivity contribution is 0.271. The van der Waals surface area contributed by atoms with Crippen LogP contribution in [-0.2, 0) is 19.4 Å². The van der Waals surface area contributed by atoms with Crippen LogP contribution in [0.5, 0.6) is 0 Å². The van der Waals surface area contributed by atoms with Crippen molar-refractivity contribution < 1.29 is 5.11 Å². The maximum atomic E-state index is 9.02. The third kappa shape index (κ3) is 2.40. The summed E-state index contributed by atoms with van der Waals surface area (Å²) in [4.78, 5) is 12.4. The van der Waals surface area contributed by atoms with Crippen LogP contribution in [0.1, 0.15) is 11.4 Å². The summed E-state index contributed by atoms with van der Waals surface area (Å²) in [5.41, 5.74) is 1.72. The first-order valence-electron chi connectivity index (χ1n) is 4.80. The smallest absolute Gasteiger partial charge is 0.168 e. The van der Waals surface area contributed by atoms with Gasteiger partial charge in [-0.05, 0) is 0 Å². The van der Waals surface area contributed by atoms with Crippen LogP contribution in [0.3, 0.4) is 0 Å². The Hall–Kier alpha value is -1.40. The molecule has 2 aromatic rings. The zero-order chi connectivity index (χ0) is 11.4. The Balaban J connectivity index is 2.02. The second kappa shape index (κ2) is 5.09. The third-order valence-electron chi connectivity index (χ3n) is 2.17. The fraction of sp³-hybridized carbons (Fsp3) is 0.300. The van der Waals surface area contributed by atoms with E-state index >= 15 is 0 Å². The lowest BCUT2D eigenvalue weighted by Gasteiger charge is -2.03. The van der Waals surface area contributed by atoms with E-state index in [1.165, 1.54) is 0 Å². The second-order valence-electron chi connectivity index (χ2n) is 3.23. The number of aliphatic hydroxyl groups is 1. The molecule has 0 atom stereocenters. The summed E-state index contributed by atoms with van der Waals surface area (Å²) in [6, 6.07) is 0. The lowest BCUT2D eigenvalue weighted by Crippen LogP contribution is -1.97. The van der Waals surface area contributed by atoms with E-state index < -0.39 is 0 Å². The fourth-order valence-corrected chi connectivity index (χ4v) is 2.11. The van der Waals surface area contributed by atoms with E-state index in [1.807, 2.05) is 11.6 Å². The highest BCUT2D eigenvalue weighted by atomic mass is 32.2. The monoisotopic (exact) mass is 236 g/mol. The maximum Gasteiger partial charge on any atom is 0.168 e. The molecule has 0 aliphatic rings. The predicted octanol–water partition coefficient (Wildman–Crippen LogP) is 0.995. The van der Waals surface area contributed by atoms with E-state index in [4.69, 9.17) is 5.11 Å². The molecule has 2 heterocycles. The van der Waals surface area contributed by atoms with Crippen molar-refractivity contribution in [2.75, 3.05) is 0 Å². The van der Waals surface area contributed by atoms with Crippen LogP contribution in [0.25, 0.3) is 0 Å². The molecule has 0 saturated heterocycles. The first-order valence-corrected chi connectivity index (χ1v) is 5.79. The Labute approximate surface area is 97.6 Å². The van der Waals surface area contributed by atoms with Gasteiger partial charge in [0.25, 0.3) is 0 Å². The van der Waals surface area contributed by atoms with Gasteiger partial charge < -0.3 is 9.67 Å². The molecule has 0 unspecified atom stereocenters. The molecular formula is C10H12N4OS. The Morgan fingerprint density at radius 2 is 2.19 bits per heavy atom. The van der Waals surface area contributed by atoms with Crippen LogP contribution in [0.4, 0.5) is 0 Å². The van der Waals surface area contributed by atoms with Crippen molar-refractivity contribution in [2.24, 2.45) is 7.05 Å². The van der Waals surface area contributed by atoms with Gasteiger partial charge in [-0.25, -0.2) is 4.98 Å². The Morgan fingerprint density at radius 1 is 1.31 bits per heavy atom. The van der Waals surface area contributed by atoms with Crippen molar-refractivity contribution in [2.45, 2.75) is 17.5 Å². The molecule has 0 radical (unpaired) electrons. The standard InChI is InChI=1S/C10H12N4OS/c1-14-9(6-15)5-13-10(14)16-7-8-4-11-2-3-12-8/h2-5,15H,6-7H2,1H3.